The fourth-order valence-electron chi connectivity index (χ4n) is 4.49. The van der Waals surface area contributed by atoms with Crippen LogP contribution in [-0.4, -0.2) is 35.1 Å². The molecule has 3 aliphatic rings. The van der Waals surface area contributed by atoms with Gasteiger partial charge in [-0.25, -0.2) is 4.79 Å². The number of benzene rings is 1. The van der Waals surface area contributed by atoms with Crippen LogP contribution in [0.3, 0.4) is 0 Å². The summed E-state index contributed by atoms with van der Waals surface area (Å²) >= 11 is 0. The van der Waals surface area contributed by atoms with E-state index in [0.29, 0.717) is 0 Å². The molecule has 0 aliphatic carbocycles. The second kappa shape index (κ2) is 6.45. The number of fused-ring (bicyclic) bond motifs is 3. The molecule has 4 rings (SSSR count). The molecule has 3 heterocycles. The van der Waals surface area contributed by atoms with Crippen molar-refractivity contribution >= 4 is 5.97 Å². The van der Waals surface area contributed by atoms with Gasteiger partial charge in [-0.3, -0.25) is 4.90 Å². The normalized spacial score (nSPS) is 30.8. The maximum absolute atomic E-state index is 12.1. The standard InChI is InChI=1S/C23H25NO2/c1-16-7-9-18(10-8-16)11-12-19-14-17(2)24-13-5-4-6-21(24)23(3)20(19)15-22(25)26-23/h7-10,14-15,17,21H,4-6,13H2,1-3H3/t17-,21+,23-/m0/s1. The highest BCUT2D eigenvalue weighted by Crippen LogP contribution is 2.44. The van der Waals surface area contributed by atoms with Crippen LogP contribution in [0.1, 0.15) is 44.2 Å². The van der Waals surface area contributed by atoms with Crippen LogP contribution >= 0.6 is 0 Å². The van der Waals surface area contributed by atoms with Gasteiger partial charge in [0, 0.05) is 28.8 Å². The summed E-state index contributed by atoms with van der Waals surface area (Å²) in [4.78, 5) is 14.6. The van der Waals surface area contributed by atoms with Crippen molar-refractivity contribution in [3.8, 4) is 11.8 Å². The zero-order chi connectivity index (χ0) is 18.3. The number of piperidine rings is 1. The molecule has 0 spiro atoms. The van der Waals surface area contributed by atoms with E-state index in [9.17, 15) is 4.79 Å². The lowest BCUT2D eigenvalue weighted by molar-refractivity contribution is -0.151. The van der Waals surface area contributed by atoms with Gasteiger partial charge in [0.15, 0.2) is 5.60 Å². The second-order valence-corrected chi connectivity index (χ2v) is 7.77. The molecule has 3 heteroatoms. The van der Waals surface area contributed by atoms with E-state index >= 15 is 0 Å². The molecule has 1 saturated heterocycles. The Bertz CT molecular complexity index is 852. The first-order chi connectivity index (χ1) is 12.5. The van der Waals surface area contributed by atoms with Crippen molar-refractivity contribution < 1.29 is 9.53 Å². The van der Waals surface area contributed by atoms with Crippen LogP contribution in [0.5, 0.6) is 0 Å². The molecule has 0 saturated carbocycles. The largest absolute Gasteiger partial charge is 0.450 e. The van der Waals surface area contributed by atoms with E-state index in [0.717, 1.165) is 29.7 Å². The number of ether oxygens (including phenoxy) is 1. The number of esters is 1. The summed E-state index contributed by atoms with van der Waals surface area (Å²) in [6.45, 7) is 7.40. The Morgan fingerprint density at radius 2 is 1.96 bits per heavy atom. The average molecular weight is 347 g/mol. The molecular formula is C23H25NO2. The van der Waals surface area contributed by atoms with Crippen molar-refractivity contribution in [3.05, 3.63) is 58.7 Å². The topological polar surface area (TPSA) is 29.5 Å². The number of nitrogens with zero attached hydrogens (tertiary/aromatic N) is 1. The monoisotopic (exact) mass is 347 g/mol. The van der Waals surface area contributed by atoms with Gasteiger partial charge in [-0.15, -0.1) is 0 Å². The Kier molecular flexibility index (Phi) is 4.25. The van der Waals surface area contributed by atoms with Crippen LogP contribution in [0.15, 0.2) is 47.6 Å². The van der Waals surface area contributed by atoms with Crippen molar-refractivity contribution in [2.24, 2.45) is 0 Å². The highest BCUT2D eigenvalue weighted by Gasteiger charge is 2.51. The molecule has 1 aromatic rings. The number of hydrogen-bond donors (Lipinski definition) is 0. The maximum Gasteiger partial charge on any atom is 0.332 e. The Morgan fingerprint density at radius 3 is 2.73 bits per heavy atom. The molecule has 0 N–H and O–H groups in total. The lowest BCUT2D eigenvalue weighted by atomic mass is 9.81. The third-order valence-electron chi connectivity index (χ3n) is 5.90. The van der Waals surface area contributed by atoms with E-state index in [4.69, 9.17) is 4.74 Å². The van der Waals surface area contributed by atoms with E-state index in [-0.39, 0.29) is 18.1 Å². The molecule has 3 nitrogen and oxygen atoms in total. The van der Waals surface area contributed by atoms with Crippen LogP contribution in [0.25, 0.3) is 0 Å². The number of aryl methyl sites for hydroxylation is 1. The van der Waals surface area contributed by atoms with Crippen molar-refractivity contribution in [2.75, 3.05) is 6.54 Å². The van der Waals surface area contributed by atoms with Gasteiger partial charge in [0.1, 0.15) is 0 Å². The predicted octanol–water partition coefficient (Wildman–Crippen LogP) is 3.77. The van der Waals surface area contributed by atoms with Crippen LogP contribution in [0.4, 0.5) is 0 Å². The Labute approximate surface area is 155 Å². The Hall–Kier alpha value is -2.31. The van der Waals surface area contributed by atoms with Crippen LogP contribution in [-0.2, 0) is 9.53 Å². The third-order valence-corrected chi connectivity index (χ3v) is 5.90. The third kappa shape index (κ3) is 2.89. The zero-order valence-corrected chi connectivity index (χ0v) is 15.7. The van der Waals surface area contributed by atoms with E-state index in [2.05, 4.69) is 55.7 Å². The molecule has 1 aromatic carbocycles. The smallest absolute Gasteiger partial charge is 0.332 e. The van der Waals surface area contributed by atoms with Gasteiger partial charge in [-0.05, 0) is 52.3 Å². The quantitative estimate of drug-likeness (QED) is 0.528. The van der Waals surface area contributed by atoms with Gasteiger partial charge in [-0.1, -0.05) is 42.0 Å². The fraction of sp³-hybridized carbons (Fsp3) is 0.435. The molecule has 1 fully saturated rings. The van der Waals surface area contributed by atoms with Crippen LogP contribution in [0.2, 0.25) is 0 Å². The number of hydrogen-bond acceptors (Lipinski definition) is 3. The first-order valence-electron chi connectivity index (χ1n) is 9.49. The number of rotatable bonds is 0. The van der Waals surface area contributed by atoms with Gasteiger partial charge in [-0.2, -0.15) is 0 Å². The minimum absolute atomic E-state index is 0.221. The molecule has 0 bridgehead atoms. The molecule has 3 atom stereocenters. The summed E-state index contributed by atoms with van der Waals surface area (Å²) < 4.78 is 5.87. The maximum atomic E-state index is 12.1. The number of carbonyl (C=O) groups is 1. The van der Waals surface area contributed by atoms with E-state index in [1.165, 1.54) is 18.4 Å². The van der Waals surface area contributed by atoms with Crippen molar-refractivity contribution in [1.29, 1.82) is 0 Å². The summed E-state index contributed by atoms with van der Waals surface area (Å²) in [5, 5.41) is 0. The minimum Gasteiger partial charge on any atom is -0.450 e. The summed E-state index contributed by atoms with van der Waals surface area (Å²) in [5.74, 6) is 6.37. The molecule has 3 aliphatic heterocycles. The second-order valence-electron chi connectivity index (χ2n) is 7.77. The SMILES string of the molecule is Cc1ccc(C#CC2=C[C@H](C)N3CCCC[C@@H]3[C@@]3(C)OC(=O)C=C23)cc1. The molecule has 0 unspecified atom stereocenters. The fourth-order valence-corrected chi connectivity index (χ4v) is 4.49. The Morgan fingerprint density at radius 1 is 1.19 bits per heavy atom. The molecule has 26 heavy (non-hydrogen) atoms. The van der Waals surface area contributed by atoms with Gasteiger partial charge >= 0.3 is 5.97 Å². The summed E-state index contributed by atoms with van der Waals surface area (Å²) in [5.41, 5.74) is 3.48. The van der Waals surface area contributed by atoms with Gasteiger partial charge in [0.2, 0.25) is 0 Å². The predicted molar refractivity (Wildman–Crippen MR) is 103 cm³/mol. The van der Waals surface area contributed by atoms with Crippen LogP contribution < -0.4 is 0 Å². The van der Waals surface area contributed by atoms with Gasteiger partial charge < -0.3 is 4.74 Å². The van der Waals surface area contributed by atoms with E-state index in [1.54, 1.807) is 6.08 Å². The van der Waals surface area contributed by atoms with Crippen molar-refractivity contribution in [3.63, 3.8) is 0 Å². The summed E-state index contributed by atoms with van der Waals surface area (Å²) in [6, 6.07) is 8.72. The molecular weight excluding hydrogens is 322 g/mol. The lowest BCUT2D eigenvalue weighted by Gasteiger charge is -2.45. The van der Waals surface area contributed by atoms with Gasteiger partial charge in [0.25, 0.3) is 0 Å². The highest BCUT2D eigenvalue weighted by atomic mass is 16.6. The summed E-state index contributed by atoms with van der Waals surface area (Å²) in [6.07, 6.45) is 7.29. The van der Waals surface area contributed by atoms with E-state index in [1.807, 2.05) is 12.1 Å². The minimum atomic E-state index is -0.601. The molecule has 0 radical (unpaired) electrons. The molecule has 0 amide bonds. The lowest BCUT2D eigenvalue weighted by Crippen LogP contribution is -2.55. The molecule has 134 valence electrons. The first-order valence-corrected chi connectivity index (χ1v) is 9.49. The van der Waals surface area contributed by atoms with Crippen molar-refractivity contribution in [1.82, 2.24) is 4.90 Å². The number of carbonyl (C=O) groups excluding carboxylic acids is 1. The molecule has 0 aromatic heterocycles. The first kappa shape index (κ1) is 17.1. The highest BCUT2D eigenvalue weighted by molar-refractivity contribution is 5.89. The van der Waals surface area contributed by atoms with Crippen LogP contribution in [0, 0.1) is 18.8 Å². The summed E-state index contributed by atoms with van der Waals surface area (Å²) in [7, 11) is 0. The Balaban J connectivity index is 1.77. The zero-order valence-electron chi connectivity index (χ0n) is 15.7. The van der Waals surface area contributed by atoms with Gasteiger partial charge in [0.05, 0.1) is 6.04 Å². The van der Waals surface area contributed by atoms with E-state index < -0.39 is 5.60 Å². The van der Waals surface area contributed by atoms with Crippen molar-refractivity contribution in [2.45, 2.75) is 57.7 Å². The average Bonchev–Trinajstić information content (AvgIpc) is 2.91.